The number of methoxy groups -OCH3 is 2. The molecular weight excluding hydrogens is 370 g/mol. The summed E-state index contributed by atoms with van der Waals surface area (Å²) in [6.07, 6.45) is 0.237. The average molecular weight is 396 g/mol. The number of hydrogen-bond donors (Lipinski definition) is 1. The van der Waals surface area contributed by atoms with Gasteiger partial charge in [-0.3, -0.25) is 9.59 Å². The number of rotatable bonds is 5. The Hall–Kier alpha value is -3.06. The molecule has 0 bridgehead atoms. The summed E-state index contributed by atoms with van der Waals surface area (Å²) in [5.41, 5.74) is 1.60. The number of quaternary nitrogens is 1. The summed E-state index contributed by atoms with van der Waals surface area (Å²) in [4.78, 5) is 30.5. The van der Waals surface area contributed by atoms with E-state index in [4.69, 9.17) is 9.47 Å². The molecule has 0 aromatic heterocycles. The highest BCUT2D eigenvalue weighted by atomic mass is 16.5. The van der Waals surface area contributed by atoms with Gasteiger partial charge in [0, 0.05) is 0 Å². The molecule has 2 amide bonds. The van der Waals surface area contributed by atoms with Crippen molar-refractivity contribution in [2.45, 2.75) is 12.5 Å². The van der Waals surface area contributed by atoms with Crippen LogP contribution in [-0.2, 0) is 9.59 Å². The molecule has 2 aromatic rings. The van der Waals surface area contributed by atoms with Gasteiger partial charge in [-0.1, -0.05) is 24.3 Å². The molecule has 0 unspecified atom stereocenters. The van der Waals surface area contributed by atoms with E-state index in [1.807, 2.05) is 30.3 Å². The molecule has 2 aliphatic rings. The highest BCUT2D eigenvalue weighted by molar-refractivity contribution is 6.22. The largest absolute Gasteiger partial charge is 0.495 e. The molecule has 7 heteroatoms. The fourth-order valence-electron chi connectivity index (χ4n) is 4.29. The molecule has 2 saturated heterocycles. The maximum absolute atomic E-state index is 13.1. The van der Waals surface area contributed by atoms with Crippen LogP contribution in [0, 0.1) is 0 Å². The molecule has 152 valence electrons. The van der Waals surface area contributed by atoms with E-state index in [0.29, 0.717) is 11.4 Å². The lowest BCUT2D eigenvalue weighted by Gasteiger charge is -2.36. The number of piperazine rings is 1. The third-order valence-corrected chi connectivity index (χ3v) is 5.80. The molecule has 29 heavy (non-hydrogen) atoms. The predicted molar refractivity (Wildman–Crippen MR) is 110 cm³/mol. The molecule has 4 rings (SSSR count). The number of para-hydroxylation sites is 4. The summed E-state index contributed by atoms with van der Waals surface area (Å²) >= 11 is 0. The molecule has 7 nitrogen and oxygen atoms in total. The molecule has 0 saturated carbocycles. The lowest BCUT2D eigenvalue weighted by atomic mass is 10.1. The van der Waals surface area contributed by atoms with Gasteiger partial charge in [-0.25, -0.2) is 4.90 Å². The molecule has 1 N–H and O–H groups in total. The van der Waals surface area contributed by atoms with Gasteiger partial charge in [0.15, 0.2) is 6.04 Å². The van der Waals surface area contributed by atoms with Gasteiger partial charge in [-0.05, 0) is 24.3 Å². The number of benzene rings is 2. The van der Waals surface area contributed by atoms with Crippen molar-refractivity contribution in [2.24, 2.45) is 0 Å². The normalized spacial score (nSPS) is 20.3. The number of nitrogens with zero attached hydrogens (tertiary/aromatic N) is 2. The molecule has 2 aromatic carbocycles. The van der Waals surface area contributed by atoms with E-state index in [9.17, 15) is 9.59 Å². The maximum Gasteiger partial charge on any atom is 0.292 e. The van der Waals surface area contributed by atoms with Gasteiger partial charge in [0.05, 0.1) is 58.2 Å². The highest BCUT2D eigenvalue weighted by Crippen LogP contribution is 2.31. The van der Waals surface area contributed by atoms with Crippen LogP contribution in [0.25, 0.3) is 0 Å². The minimum absolute atomic E-state index is 0.139. The van der Waals surface area contributed by atoms with Crippen LogP contribution in [0.1, 0.15) is 6.42 Å². The van der Waals surface area contributed by atoms with E-state index in [1.54, 1.807) is 26.4 Å². The number of anilines is 2. The molecule has 2 fully saturated rings. The standard InChI is InChI=1S/C22H25N3O4/c1-28-19-9-5-3-7-16(19)23-11-13-24(14-12-23)18-15-21(26)25(22(18)27)17-8-4-6-10-20(17)29-2/h3-10,18H,11-15H2,1-2H3/p+1/t18-/m0/s1. The summed E-state index contributed by atoms with van der Waals surface area (Å²) in [6.45, 7) is 3.20. The lowest BCUT2D eigenvalue weighted by molar-refractivity contribution is -0.915. The Balaban J connectivity index is 1.47. The summed E-state index contributed by atoms with van der Waals surface area (Å²) in [5.74, 6) is 1.08. The number of carbonyl (C=O) groups excluding carboxylic acids is 2. The topological polar surface area (TPSA) is 63.5 Å². The Kier molecular flexibility index (Phi) is 5.40. The van der Waals surface area contributed by atoms with Crippen LogP contribution in [0.3, 0.4) is 0 Å². The van der Waals surface area contributed by atoms with Gasteiger partial charge in [0.25, 0.3) is 5.91 Å². The minimum atomic E-state index is -0.341. The van der Waals surface area contributed by atoms with Crippen molar-refractivity contribution in [3.8, 4) is 11.5 Å². The highest BCUT2D eigenvalue weighted by Gasteiger charge is 2.47. The number of nitrogens with one attached hydrogen (secondary N) is 1. The number of hydrogen-bond acceptors (Lipinski definition) is 5. The SMILES string of the molecule is COc1ccccc1N1CC[NH+]([C@H]2CC(=O)N(c3ccccc3OC)C2=O)CC1. The number of ether oxygens (including phenoxy) is 2. The van der Waals surface area contributed by atoms with Gasteiger partial charge in [0.2, 0.25) is 5.91 Å². The molecule has 2 aliphatic heterocycles. The average Bonchev–Trinajstić information content (AvgIpc) is 3.07. The van der Waals surface area contributed by atoms with Gasteiger partial charge < -0.3 is 19.3 Å². The van der Waals surface area contributed by atoms with Gasteiger partial charge in [-0.2, -0.15) is 0 Å². The van der Waals surface area contributed by atoms with E-state index < -0.39 is 0 Å². The van der Waals surface area contributed by atoms with E-state index in [2.05, 4.69) is 11.0 Å². The molecule has 2 heterocycles. The zero-order valence-electron chi connectivity index (χ0n) is 16.8. The van der Waals surface area contributed by atoms with Crippen molar-refractivity contribution >= 4 is 23.2 Å². The Morgan fingerprint density at radius 1 is 0.862 bits per heavy atom. The first kappa shape index (κ1) is 19.3. The van der Waals surface area contributed by atoms with Crippen LogP contribution in [0.2, 0.25) is 0 Å². The van der Waals surface area contributed by atoms with E-state index >= 15 is 0 Å². The fourth-order valence-corrected chi connectivity index (χ4v) is 4.29. The monoisotopic (exact) mass is 396 g/mol. The third kappa shape index (κ3) is 3.53. The Bertz CT molecular complexity index is 908. The fraction of sp³-hybridized carbons (Fsp3) is 0.364. The second kappa shape index (κ2) is 8.13. The smallest absolute Gasteiger partial charge is 0.292 e. The van der Waals surface area contributed by atoms with Crippen LogP contribution in [0.5, 0.6) is 11.5 Å². The van der Waals surface area contributed by atoms with Gasteiger partial charge in [-0.15, -0.1) is 0 Å². The zero-order valence-corrected chi connectivity index (χ0v) is 16.8. The number of carbonyl (C=O) groups is 2. The lowest BCUT2D eigenvalue weighted by Crippen LogP contribution is -3.19. The Morgan fingerprint density at radius 3 is 2.03 bits per heavy atom. The van der Waals surface area contributed by atoms with Crippen molar-refractivity contribution in [1.82, 2.24) is 0 Å². The van der Waals surface area contributed by atoms with E-state index in [-0.39, 0.29) is 24.3 Å². The minimum Gasteiger partial charge on any atom is -0.495 e. The number of amides is 2. The van der Waals surface area contributed by atoms with Crippen molar-refractivity contribution in [2.75, 3.05) is 50.2 Å². The van der Waals surface area contributed by atoms with Gasteiger partial charge >= 0.3 is 0 Å². The zero-order chi connectivity index (χ0) is 20.4. The van der Waals surface area contributed by atoms with Crippen LogP contribution in [0.4, 0.5) is 11.4 Å². The molecular formula is C22H26N3O4+. The van der Waals surface area contributed by atoms with Crippen LogP contribution < -0.4 is 24.2 Å². The maximum atomic E-state index is 13.1. The van der Waals surface area contributed by atoms with Crippen LogP contribution >= 0.6 is 0 Å². The summed E-state index contributed by atoms with van der Waals surface area (Å²) in [6, 6.07) is 14.8. The van der Waals surface area contributed by atoms with Gasteiger partial charge in [0.1, 0.15) is 11.5 Å². The summed E-state index contributed by atoms with van der Waals surface area (Å²) in [5, 5.41) is 0. The molecule has 0 aliphatic carbocycles. The summed E-state index contributed by atoms with van der Waals surface area (Å²) < 4.78 is 10.8. The van der Waals surface area contributed by atoms with Crippen LogP contribution in [0.15, 0.2) is 48.5 Å². The van der Waals surface area contributed by atoms with Crippen molar-refractivity contribution < 1.29 is 24.0 Å². The van der Waals surface area contributed by atoms with Crippen molar-refractivity contribution in [1.29, 1.82) is 0 Å². The van der Waals surface area contributed by atoms with Crippen LogP contribution in [-0.4, -0.2) is 58.3 Å². The first-order chi connectivity index (χ1) is 14.1. The number of imide groups is 1. The first-order valence-corrected chi connectivity index (χ1v) is 9.86. The predicted octanol–water partition coefficient (Wildman–Crippen LogP) is 0.741. The van der Waals surface area contributed by atoms with E-state index in [1.165, 1.54) is 4.90 Å². The van der Waals surface area contributed by atoms with Crippen molar-refractivity contribution in [3.05, 3.63) is 48.5 Å². The second-order valence-corrected chi connectivity index (χ2v) is 7.31. The Morgan fingerprint density at radius 2 is 1.41 bits per heavy atom. The first-order valence-electron chi connectivity index (χ1n) is 9.86. The molecule has 0 spiro atoms. The summed E-state index contributed by atoms with van der Waals surface area (Å²) in [7, 11) is 3.22. The van der Waals surface area contributed by atoms with E-state index in [0.717, 1.165) is 42.5 Å². The second-order valence-electron chi connectivity index (χ2n) is 7.31. The quantitative estimate of drug-likeness (QED) is 0.756. The molecule has 0 radical (unpaired) electrons. The molecule has 1 atom stereocenters. The van der Waals surface area contributed by atoms with Crippen molar-refractivity contribution in [3.63, 3.8) is 0 Å². The Labute approximate surface area is 170 Å². The third-order valence-electron chi connectivity index (χ3n) is 5.80.